The molecule has 0 bridgehead atoms. The first kappa shape index (κ1) is 19.2. The maximum Gasteiger partial charge on any atom is 0.349 e. The van der Waals surface area contributed by atoms with E-state index in [2.05, 4.69) is 10.3 Å². The minimum Gasteiger partial charge on any atom is -0.451 e. The molecule has 1 amide bonds. The molecule has 0 fully saturated rings. The fraction of sp³-hybridized carbons (Fsp3) is 0.167. The van der Waals surface area contributed by atoms with E-state index < -0.39 is 24.3 Å². The first-order chi connectivity index (χ1) is 13.0. The fourth-order valence-electron chi connectivity index (χ4n) is 2.44. The lowest BCUT2D eigenvalue weighted by Gasteiger charge is -2.07. The lowest BCUT2D eigenvalue weighted by Crippen LogP contribution is -2.21. The number of anilines is 1. The van der Waals surface area contributed by atoms with Crippen LogP contribution in [0.3, 0.4) is 0 Å². The normalized spacial score (nSPS) is 10.8. The van der Waals surface area contributed by atoms with Gasteiger partial charge in [-0.05, 0) is 24.3 Å². The van der Waals surface area contributed by atoms with E-state index in [-0.39, 0.29) is 17.3 Å². The molecule has 27 heavy (non-hydrogen) atoms. The summed E-state index contributed by atoms with van der Waals surface area (Å²) in [5, 5.41) is 3.24. The van der Waals surface area contributed by atoms with Gasteiger partial charge in [0.15, 0.2) is 6.61 Å². The largest absolute Gasteiger partial charge is 0.451 e. The zero-order chi connectivity index (χ0) is 19.4. The molecule has 0 aliphatic carbocycles. The minimum absolute atomic E-state index is 0.0479. The first-order valence-corrected chi connectivity index (χ1v) is 8.96. The van der Waals surface area contributed by atoms with Crippen LogP contribution in [0.5, 0.6) is 0 Å². The summed E-state index contributed by atoms with van der Waals surface area (Å²) in [7, 11) is 1.45. The van der Waals surface area contributed by atoms with Crippen LogP contribution in [0, 0.1) is 5.82 Å². The van der Waals surface area contributed by atoms with Crippen LogP contribution in [-0.4, -0.2) is 30.6 Å². The summed E-state index contributed by atoms with van der Waals surface area (Å²) in [6.07, 6.45) is 1.38. The summed E-state index contributed by atoms with van der Waals surface area (Å²) in [4.78, 5) is 28.5. The number of carbonyl (C=O) groups is 2. The SMILES string of the molecule is COCc1c(C(=O)OCC(=O)Nc2ccc(Cl)cn2)sc2cccc(F)c12. The number of thiophene rings is 1. The van der Waals surface area contributed by atoms with Crippen LogP contribution in [0.15, 0.2) is 36.5 Å². The van der Waals surface area contributed by atoms with Crippen LogP contribution < -0.4 is 5.32 Å². The Morgan fingerprint density at radius 3 is 2.81 bits per heavy atom. The van der Waals surface area contributed by atoms with Gasteiger partial charge >= 0.3 is 5.97 Å². The van der Waals surface area contributed by atoms with Gasteiger partial charge in [0.1, 0.15) is 16.5 Å². The fourth-order valence-corrected chi connectivity index (χ4v) is 3.67. The molecule has 1 aromatic carbocycles. The Morgan fingerprint density at radius 2 is 2.11 bits per heavy atom. The summed E-state index contributed by atoms with van der Waals surface area (Å²) >= 11 is 6.81. The van der Waals surface area contributed by atoms with Crippen LogP contribution >= 0.6 is 22.9 Å². The molecule has 0 unspecified atom stereocenters. The van der Waals surface area contributed by atoms with E-state index in [0.29, 0.717) is 20.7 Å². The number of benzene rings is 1. The number of carbonyl (C=O) groups excluding carboxylic acids is 2. The molecule has 140 valence electrons. The van der Waals surface area contributed by atoms with Crippen LogP contribution in [0.1, 0.15) is 15.2 Å². The predicted octanol–water partition coefficient (Wildman–Crippen LogP) is 4.03. The molecule has 0 aliphatic rings. The monoisotopic (exact) mass is 408 g/mol. The number of nitrogens with one attached hydrogen (secondary N) is 1. The van der Waals surface area contributed by atoms with E-state index in [1.54, 1.807) is 18.2 Å². The number of esters is 1. The molecule has 2 heterocycles. The molecule has 0 radical (unpaired) electrons. The van der Waals surface area contributed by atoms with Gasteiger partial charge in [-0.2, -0.15) is 0 Å². The molecule has 0 aliphatic heterocycles. The maximum absolute atomic E-state index is 14.2. The summed E-state index contributed by atoms with van der Waals surface area (Å²) in [6.45, 7) is -0.460. The number of hydrogen-bond acceptors (Lipinski definition) is 6. The highest BCUT2D eigenvalue weighted by atomic mass is 35.5. The van der Waals surface area contributed by atoms with Gasteiger partial charge in [-0.25, -0.2) is 14.2 Å². The van der Waals surface area contributed by atoms with Crippen LogP contribution in [-0.2, 0) is 20.9 Å². The summed E-state index contributed by atoms with van der Waals surface area (Å²) in [5.41, 5.74) is 0.403. The minimum atomic E-state index is -0.720. The topological polar surface area (TPSA) is 77.5 Å². The Bertz CT molecular complexity index is 991. The van der Waals surface area contributed by atoms with E-state index in [9.17, 15) is 14.0 Å². The highest BCUT2D eigenvalue weighted by Gasteiger charge is 2.22. The molecule has 3 aromatic rings. The van der Waals surface area contributed by atoms with Crippen molar-refractivity contribution in [2.75, 3.05) is 19.0 Å². The number of hydrogen-bond donors (Lipinski definition) is 1. The average Bonchev–Trinajstić information content (AvgIpc) is 3.02. The lowest BCUT2D eigenvalue weighted by atomic mass is 10.1. The lowest BCUT2D eigenvalue weighted by molar-refractivity contribution is -0.119. The van der Waals surface area contributed by atoms with E-state index in [4.69, 9.17) is 21.1 Å². The molecule has 1 N–H and O–H groups in total. The number of halogens is 2. The molecule has 0 atom stereocenters. The van der Waals surface area contributed by atoms with Crippen molar-refractivity contribution in [3.05, 3.63) is 57.8 Å². The molecule has 0 saturated carbocycles. The summed E-state index contributed by atoms with van der Waals surface area (Å²) < 4.78 is 24.9. The molecule has 2 aromatic heterocycles. The van der Waals surface area contributed by atoms with E-state index in [1.165, 1.54) is 25.4 Å². The Labute approximate surface area is 162 Å². The third kappa shape index (κ3) is 4.41. The first-order valence-electron chi connectivity index (χ1n) is 7.77. The number of nitrogens with zero attached hydrogens (tertiary/aromatic N) is 1. The van der Waals surface area contributed by atoms with Crippen LogP contribution in [0.2, 0.25) is 5.02 Å². The number of fused-ring (bicyclic) bond motifs is 1. The molecular formula is C18H14ClFN2O4S. The maximum atomic E-state index is 14.2. The van der Waals surface area contributed by atoms with Gasteiger partial charge in [-0.3, -0.25) is 4.79 Å². The number of rotatable bonds is 6. The Kier molecular flexibility index (Phi) is 6.00. The Hall–Kier alpha value is -2.55. The molecule has 0 spiro atoms. The zero-order valence-electron chi connectivity index (χ0n) is 14.1. The van der Waals surface area contributed by atoms with E-state index >= 15 is 0 Å². The molecule has 0 saturated heterocycles. The second-order valence-electron chi connectivity index (χ2n) is 5.44. The van der Waals surface area contributed by atoms with Crippen molar-refractivity contribution in [1.29, 1.82) is 0 Å². The second kappa shape index (κ2) is 8.43. The van der Waals surface area contributed by atoms with Gasteiger partial charge in [0.25, 0.3) is 5.91 Å². The van der Waals surface area contributed by atoms with Crippen molar-refractivity contribution in [1.82, 2.24) is 4.98 Å². The second-order valence-corrected chi connectivity index (χ2v) is 6.93. The third-order valence-corrected chi connectivity index (χ3v) is 4.97. The molecule has 9 heteroatoms. The van der Waals surface area contributed by atoms with Crippen LogP contribution in [0.4, 0.5) is 10.2 Å². The Balaban J connectivity index is 1.72. The van der Waals surface area contributed by atoms with Gasteiger partial charge < -0.3 is 14.8 Å². The smallest absolute Gasteiger partial charge is 0.349 e. The third-order valence-electron chi connectivity index (χ3n) is 3.57. The van der Waals surface area contributed by atoms with Gasteiger partial charge in [-0.15, -0.1) is 11.3 Å². The molecule has 3 rings (SSSR count). The van der Waals surface area contributed by atoms with Crippen molar-refractivity contribution in [3.63, 3.8) is 0 Å². The number of amides is 1. The van der Waals surface area contributed by atoms with Crippen molar-refractivity contribution >= 4 is 50.7 Å². The highest BCUT2D eigenvalue weighted by Crippen LogP contribution is 2.34. The number of aromatic nitrogens is 1. The van der Waals surface area contributed by atoms with Crippen molar-refractivity contribution < 1.29 is 23.5 Å². The summed E-state index contributed by atoms with van der Waals surface area (Å²) in [6, 6.07) is 7.67. The van der Waals surface area contributed by atoms with Crippen LogP contribution in [0.25, 0.3) is 10.1 Å². The predicted molar refractivity (Wildman–Crippen MR) is 101 cm³/mol. The highest BCUT2D eigenvalue weighted by molar-refractivity contribution is 7.21. The van der Waals surface area contributed by atoms with Crippen molar-refractivity contribution in [2.24, 2.45) is 0 Å². The van der Waals surface area contributed by atoms with Gasteiger partial charge in [0, 0.05) is 29.0 Å². The Morgan fingerprint density at radius 1 is 1.30 bits per heavy atom. The number of methoxy groups -OCH3 is 1. The van der Waals surface area contributed by atoms with Crippen molar-refractivity contribution in [2.45, 2.75) is 6.61 Å². The summed E-state index contributed by atoms with van der Waals surface area (Å²) in [5.74, 6) is -1.44. The molecule has 6 nitrogen and oxygen atoms in total. The van der Waals surface area contributed by atoms with Gasteiger partial charge in [-0.1, -0.05) is 17.7 Å². The average molecular weight is 409 g/mol. The number of ether oxygens (including phenoxy) is 2. The molecular weight excluding hydrogens is 395 g/mol. The van der Waals surface area contributed by atoms with E-state index in [1.807, 2.05) is 0 Å². The standard InChI is InChI=1S/C18H14ClFN2O4S/c1-25-8-11-16-12(20)3-2-4-13(16)27-17(11)18(24)26-9-15(23)22-14-6-5-10(19)7-21-14/h2-7H,8-9H2,1H3,(H,21,22,23). The van der Waals surface area contributed by atoms with Gasteiger partial charge in [0.05, 0.1) is 11.6 Å². The number of pyridine rings is 1. The quantitative estimate of drug-likeness (QED) is 0.623. The zero-order valence-corrected chi connectivity index (χ0v) is 15.7. The van der Waals surface area contributed by atoms with Gasteiger partial charge in [0.2, 0.25) is 0 Å². The van der Waals surface area contributed by atoms with Crippen molar-refractivity contribution in [3.8, 4) is 0 Å². The van der Waals surface area contributed by atoms with E-state index in [0.717, 1.165) is 11.3 Å².